The molecule has 0 amide bonds. The molecule has 2 aromatic heterocycles. The lowest BCUT2D eigenvalue weighted by atomic mass is 10.1. The van der Waals surface area contributed by atoms with Gasteiger partial charge in [0, 0.05) is 30.0 Å². The molecule has 1 saturated heterocycles. The largest absolute Gasteiger partial charge is 0.382 e. The number of hydrogen-bond acceptors (Lipinski definition) is 4. The van der Waals surface area contributed by atoms with E-state index in [1.807, 2.05) is 29.2 Å². The van der Waals surface area contributed by atoms with Crippen LogP contribution >= 0.6 is 15.9 Å². The molecule has 0 aromatic carbocycles. The first-order chi connectivity index (χ1) is 9.22. The molecule has 1 fully saturated rings. The lowest BCUT2D eigenvalue weighted by Crippen LogP contribution is -2.35. The van der Waals surface area contributed by atoms with E-state index >= 15 is 0 Å². The topological polar surface area (TPSA) is 60.0 Å². The maximum atomic E-state index is 5.66. The summed E-state index contributed by atoms with van der Waals surface area (Å²) in [7, 11) is 0. The normalized spacial score (nSPS) is 16.8. The van der Waals surface area contributed by atoms with E-state index in [0.717, 1.165) is 36.2 Å². The van der Waals surface area contributed by atoms with Crippen molar-refractivity contribution >= 4 is 27.6 Å². The minimum Gasteiger partial charge on any atom is -0.382 e. The van der Waals surface area contributed by atoms with E-state index in [0.29, 0.717) is 11.9 Å². The van der Waals surface area contributed by atoms with Crippen molar-refractivity contribution in [3.63, 3.8) is 0 Å². The summed E-state index contributed by atoms with van der Waals surface area (Å²) < 4.78 is 3.00. The predicted molar refractivity (Wildman–Crippen MR) is 79.1 cm³/mol. The maximum Gasteiger partial charge on any atom is 0.145 e. The van der Waals surface area contributed by atoms with Gasteiger partial charge in [-0.15, -0.1) is 0 Å². The maximum absolute atomic E-state index is 5.66. The number of anilines is 2. The molecule has 100 valence electrons. The van der Waals surface area contributed by atoms with Gasteiger partial charge in [-0.2, -0.15) is 5.10 Å². The Kier molecular flexibility index (Phi) is 3.42. The van der Waals surface area contributed by atoms with Crippen LogP contribution in [-0.2, 0) is 0 Å². The highest BCUT2D eigenvalue weighted by Gasteiger charge is 2.21. The molecule has 19 heavy (non-hydrogen) atoms. The van der Waals surface area contributed by atoms with Gasteiger partial charge in [-0.3, -0.25) is 4.68 Å². The second-order valence-electron chi connectivity index (χ2n) is 4.77. The van der Waals surface area contributed by atoms with Crippen LogP contribution in [0.5, 0.6) is 0 Å². The molecule has 6 heteroatoms. The molecular weight excluding hydrogens is 306 g/mol. The van der Waals surface area contributed by atoms with Crippen molar-refractivity contribution < 1.29 is 0 Å². The van der Waals surface area contributed by atoms with E-state index in [2.05, 4.69) is 37.0 Å². The van der Waals surface area contributed by atoms with Crippen LogP contribution in [-0.4, -0.2) is 27.9 Å². The Balaban J connectivity index is 1.64. The van der Waals surface area contributed by atoms with Crippen LogP contribution in [0.25, 0.3) is 0 Å². The Hall–Kier alpha value is -1.56. The molecule has 0 saturated carbocycles. The minimum absolute atomic E-state index is 0.448. The molecule has 3 rings (SSSR count). The van der Waals surface area contributed by atoms with Crippen LogP contribution in [0.15, 0.2) is 35.1 Å². The van der Waals surface area contributed by atoms with Crippen molar-refractivity contribution in [2.45, 2.75) is 18.9 Å². The highest BCUT2D eigenvalue weighted by Crippen LogP contribution is 2.25. The third-order valence-electron chi connectivity index (χ3n) is 3.50. The molecule has 0 aliphatic carbocycles. The Morgan fingerprint density at radius 3 is 2.58 bits per heavy atom. The van der Waals surface area contributed by atoms with Crippen molar-refractivity contribution in [1.29, 1.82) is 0 Å². The fraction of sp³-hybridized carbons (Fsp3) is 0.385. The summed E-state index contributed by atoms with van der Waals surface area (Å²) in [5, 5.41) is 4.30. The Labute approximate surface area is 120 Å². The second kappa shape index (κ2) is 5.21. The number of piperidine rings is 1. The standard InChI is InChI=1S/C13H16BrN5/c14-10-1-2-13(16-9-10)18-6-3-11(4-7-18)19-8-5-12(15)17-19/h1-2,5,8-9,11H,3-4,6-7H2,(H2,15,17). The second-order valence-corrected chi connectivity index (χ2v) is 5.69. The molecule has 0 bridgehead atoms. The summed E-state index contributed by atoms with van der Waals surface area (Å²) in [6.07, 6.45) is 5.95. The van der Waals surface area contributed by atoms with Gasteiger partial charge in [0.15, 0.2) is 0 Å². The van der Waals surface area contributed by atoms with Crippen LogP contribution in [0.1, 0.15) is 18.9 Å². The monoisotopic (exact) mass is 321 g/mol. The fourth-order valence-corrected chi connectivity index (χ4v) is 2.71. The zero-order chi connectivity index (χ0) is 13.2. The van der Waals surface area contributed by atoms with E-state index in [4.69, 9.17) is 5.73 Å². The number of nitrogens with zero attached hydrogens (tertiary/aromatic N) is 4. The smallest absolute Gasteiger partial charge is 0.145 e. The average molecular weight is 322 g/mol. The van der Waals surface area contributed by atoms with Gasteiger partial charge in [-0.1, -0.05) is 0 Å². The zero-order valence-electron chi connectivity index (χ0n) is 10.5. The van der Waals surface area contributed by atoms with Crippen molar-refractivity contribution in [1.82, 2.24) is 14.8 Å². The van der Waals surface area contributed by atoms with Gasteiger partial charge in [0.05, 0.1) is 6.04 Å². The van der Waals surface area contributed by atoms with Gasteiger partial charge in [0.1, 0.15) is 11.6 Å². The first-order valence-electron chi connectivity index (χ1n) is 6.39. The van der Waals surface area contributed by atoms with Crippen LogP contribution in [0.3, 0.4) is 0 Å². The Morgan fingerprint density at radius 1 is 1.21 bits per heavy atom. The first kappa shape index (κ1) is 12.5. The van der Waals surface area contributed by atoms with Gasteiger partial charge in [0.25, 0.3) is 0 Å². The highest BCUT2D eigenvalue weighted by molar-refractivity contribution is 9.10. The molecule has 1 aliphatic rings. The van der Waals surface area contributed by atoms with Crippen molar-refractivity contribution in [3.05, 3.63) is 35.1 Å². The molecule has 0 atom stereocenters. The van der Waals surface area contributed by atoms with Crippen LogP contribution in [0.4, 0.5) is 11.6 Å². The van der Waals surface area contributed by atoms with Crippen LogP contribution in [0, 0.1) is 0 Å². The molecular formula is C13H16BrN5. The predicted octanol–water partition coefficient (Wildman–Crippen LogP) is 2.46. The molecule has 5 nitrogen and oxygen atoms in total. The minimum atomic E-state index is 0.448. The molecule has 3 heterocycles. The molecule has 1 aliphatic heterocycles. The number of pyridine rings is 1. The molecule has 0 radical (unpaired) electrons. The summed E-state index contributed by atoms with van der Waals surface area (Å²) in [6, 6.07) is 6.38. The summed E-state index contributed by atoms with van der Waals surface area (Å²) in [4.78, 5) is 6.76. The zero-order valence-corrected chi connectivity index (χ0v) is 12.1. The SMILES string of the molecule is Nc1ccn(C2CCN(c3ccc(Br)cn3)CC2)n1. The third-order valence-corrected chi connectivity index (χ3v) is 3.97. The fourth-order valence-electron chi connectivity index (χ4n) is 2.47. The third kappa shape index (κ3) is 2.73. The van der Waals surface area contributed by atoms with E-state index < -0.39 is 0 Å². The number of halogens is 1. The summed E-state index contributed by atoms with van der Waals surface area (Å²) in [6.45, 7) is 2.00. The number of rotatable bonds is 2. The summed E-state index contributed by atoms with van der Waals surface area (Å²) in [5.74, 6) is 1.64. The number of nitrogens with two attached hydrogens (primary N) is 1. The van der Waals surface area contributed by atoms with Gasteiger partial charge < -0.3 is 10.6 Å². The van der Waals surface area contributed by atoms with Gasteiger partial charge in [0.2, 0.25) is 0 Å². The summed E-state index contributed by atoms with van der Waals surface area (Å²) >= 11 is 3.41. The van der Waals surface area contributed by atoms with Crippen molar-refractivity contribution in [2.24, 2.45) is 0 Å². The van der Waals surface area contributed by atoms with Gasteiger partial charge >= 0.3 is 0 Å². The van der Waals surface area contributed by atoms with Gasteiger partial charge in [-0.05, 0) is 47.0 Å². The van der Waals surface area contributed by atoms with Crippen LogP contribution < -0.4 is 10.6 Å². The van der Waals surface area contributed by atoms with E-state index in [1.54, 1.807) is 0 Å². The van der Waals surface area contributed by atoms with E-state index in [9.17, 15) is 0 Å². The van der Waals surface area contributed by atoms with Crippen molar-refractivity contribution in [2.75, 3.05) is 23.7 Å². The lowest BCUT2D eigenvalue weighted by Gasteiger charge is -2.32. The number of aromatic nitrogens is 3. The van der Waals surface area contributed by atoms with E-state index in [1.165, 1.54) is 0 Å². The number of hydrogen-bond donors (Lipinski definition) is 1. The molecule has 0 spiro atoms. The molecule has 0 unspecified atom stereocenters. The Morgan fingerprint density at radius 2 is 2.00 bits per heavy atom. The first-order valence-corrected chi connectivity index (χ1v) is 7.19. The molecule has 2 aromatic rings. The van der Waals surface area contributed by atoms with Gasteiger partial charge in [-0.25, -0.2) is 4.98 Å². The number of nitrogen functional groups attached to an aromatic ring is 1. The average Bonchev–Trinajstić information content (AvgIpc) is 2.87. The molecule has 2 N–H and O–H groups in total. The summed E-state index contributed by atoms with van der Waals surface area (Å²) in [5.41, 5.74) is 5.66. The van der Waals surface area contributed by atoms with E-state index in [-0.39, 0.29) is 0 Å². The lowest BCUT2D eigenvalue weighted by molar-refractivity contribution is 0.367. The van der Waals surface area contributed by atoms with Crippen molar-refractivity contribution in [3.8, 4) is 0 Å². The Bertz CT molecular complexity index is 542. The highest BCUT2D eigenvalue weighted by atomic mass is 79.9. The quantitative estimate of drug-likeness (QED) is 0.923. The van der Waals surface area contributed by atoms with Crippen LogP contribution in [0.2, 0.25) is 0 Å².